The average Bonchev–Trinajstić information content (AvgIpc) is 2.86. The molecule has 1 fully saturated rings. The number of nitrogens with one attached hydrogen (secondary N) is 2. The van der Waals surface area contributed by atoms with E-state index in [1.807, 2.05) is 0 Å². The molecule has 4 N–H and O–H groups in total. The molecule has 1 heterocycles. The topological polar surface area (TPSA) is 136 Å². The molecule has 0 aromatic carbocycles. The molecule has 2 amide bonds. The Labute approximate surface area is 134 Å². The summed E-state index contributed by atoms with van der Waals surface area (Å²) in [5.74, 6) is -3.24. The minimum absolute atomic E-state index is 0.0875. The molecule has 2 atom stereocenters. The van der Waals surface area contributed by atoms with Crippen LogP contribution in [0.15, 0.2) is 0 Å². The molecule has 0 saturated carbocycles. The van der Waals surface area contributed by atoms with Crippen LogP contribution < -0.4 is 10.6 Å². The second-order valence-electron chi connectivity index (χ2n) is 5.75. The molecular formula is C14H23N3O6. The molecule has 23 heavy (non-hydrogen) atoms. The van der Waals surface area contributed by atoms with Crippen molar-refractivity contribution in [3.05, 3.63) is 0 Å². The molecule has 1 aliphatic heterocycles. The minimum Gasteiger partial charge on any atom is -0.481 e. The monoisotopic (exact) mass is 329 g/mol. The van der Waals surface area contributed by atoms with E-state index in [2.05, 4.69) is 10.6 Å². The number of carboxylic acid groups (broad SMARTS) is 2. The maximum Gasteiger partial charge on any atom is 0.326 e. The number of likely N-dealkylation sites (tertiary alicyclic amines) is 1. The van der Waals surface area contributed by atoms with Gasteiger partial charge in [-0.05, 0) is 33.2 Å². The van der Waals surface area contributed by atoms with Gasteiger partial charge in [0.1, 0.15) is 11.6 Å². The van der Waals surface area contributed by atoms with Gasteiger partial charge < -0.3 is 25.7 Å². The molecule has 0 bridgehead atoms. The largest absolute Gasteiger partial charge is 0.481 e. The molecule has 1 saturated heterocycles. The zero-order valence-corrected chi connectivity index (χ0v) is 13.3. The van der Waals surface area contributed by atoms with Gasteiger partial charge in [0.25, 0.3) is 0 Å². The lowest BCUT2D eigenvalue weighted by atomic mass is 9.96. The van der Waals surface area contributed by atoms with E-state index in [0.717, 1.165) is 0 Å². The minimum atomic E-state index is -1.30. The van der Waals surface area contributed by atoms with Crippen molar-refractivity contribution in [2.75, 3.05) is 20.1 Å². The van der Waals surface area contributed by atoms with Crippen molar-refractivity contribution in [2.45, 2.75) is 44.2 Å². The van der Waals surface area contributed by atoms with Crippen LogP contribution in [0.3, 0.4) is 0 Å². The molecule has 0 aromatic rings. The lowest BCUT2D eigenvalue weighted by Gasteiger charge is -2.34. The van der Waals surface area contributed by atoms with Crippen LogP contribution in [0.2, 0.25) is 0 Å². The summed E-state index contributed by atoms with van der Waals surface area (Å²) in [6.07, 6.45) is 0.499. The van der Waals surface area contributed by atoms with Crippen molar-refractivity contribution >= 4 is 23.8 Å². The third-order valence-electron chi connectivity index (χ3n) is 4.01. The molecular weight excluding hydrogens is 306 g/mol. The molecule has 0 aliphatic carbocycles. The van der Waals surface area contributed by atoms with Crippen LogP contribution in [0.5, 0.6) is 0 Å². The van der Waals surface area contributed by atoms with Gasteiger partial charge in [0.05, 0.1) is 6.54 Å². The fourth-order valence-corrected chi connectivity index (χ4v) is 2.68. The van der Waals surface area contributed by atoms with Crippen molar-refractivity contribution in [2.24, 2.45) is 0 Å². The fraction of sp³-hybridized carbons (Fsp3) is 0.714. The highest BCUT2D eigenvalue weighted by molar-refractivity contribution is 5.94. The quantitative estimate of drug-likeness (QED) is 0.449. The number of aliphatic carboxylic acids is 2. The Morgan fingerprint density at radius 1 is 1.26 bits per heavy atom. The number of hydrogen-bond donors (Lipinski definition) is 4. The molecule has 0 aromatic heterocycles. The van der Waals surface area contributed by atoms with Gasteiger partial charge in [-0.1, -0.05) is 0 Å². The smallest absolute Gasteiger partial charge is 0.326 e. The number of carbonyl (C=O) groups is 4. The number of amides is 2. The second-order valence-corrected chi connectivity index (χ2v) is 5.75. The Bertz CT molecular complexity index is 495. The van der Waals surface area contributed by atoms with Crippen molar-refractivity contribution in [3.63, 3.8) is 0 Å². The van der Waals surface area contributed by atoms with E-state index < -0.39 is 29.4 Å². The first-order valence-corrected chi connectivity index (χ1v) is 7.43. The van der Waals surface area contributed by atoms with E-state index in [9.17, 15) is 19.2 Å². The third kappa shape index (κ3) is 4.65. The highest BCUT2D eigenvalue weighted by atomic mass is 16.4. The number of likely N-dealkylation sites (N-methyl/N-ethyl adjacent to an activating group) is 1. The van der Waals surface area contributed by atoms with E-state index in [1.165, 1.54) is 4.90 Å². The van der Waals surface area contributed by atoms with Gasteiger partial charge in [0.2, 0.25) is 11.8 Å². The van der Waals surface area contributed by atoms with E-state index in [-0.39, 0.29) is 25.3 Å². The van der Waals surface area contributed by atoms with E-state index in [4.69, 9.17) is 10.2 Å². The van der Waals surface area contributed by atoms with Crippen molar-refractivity contribution < 1.29 is 29.4 Å². The van der Waals surface area contributed by atoms with Crippen LogP contribution in [0.25, 0.3) is 0 Å². The lowest BCUT2D eigenvalue weighted by Crippen LogP contribution is -2.59. The highest BCUT2D eigenvalue weighted by Gasteiger charge is 2.46. The summed E-state index contributed by atoms with van der Waals surface area (Å²) in [6.45, 7) is 2.11. The fourth-order valence-electron chi connectivity index (χ4n) is 2.68. The van der Waals surface area contributed by atoms with E-state index in [1.54, 1.807) is 14.0 Å². The van der Waals surface area contributed by atoms with Gasteiger partial charge in [-0.2, -0.15) is 0 Å². The van der Waals surface area contributed by atoms with Crippen molar-refractivity contribution in [1.29, 1.82) is 0 Å². The highest BCUT2D eigenvalue weighted by Crippen LogP contribution is 2.29. The number of hydrogen-bond acceptors (Lipinski definition) is 5. The Morgan fingerprint density at radius 3 is 2.43 bits per heavy atom. The van der Waals surface area contributed by atoms with Crippen LogP contribution in [0.4, 0.5) is 0 Å². The maximum atomic E-state index is 12.5. The Hall–Kier alpha value is -2.16. The Balaban J connectivity index is 2.81. The summed E-state index contributed by atoms with van der Waals surface area (Å²) in [6, 6.07) is -1.29. The lowest BCUT2D eigenvalue weighted by molar-refractivity contribution is -0.147. The SMILES string of the molecule is CNCC(=O)N1CCCC1(C)C(=O)NC(CCC(=O)O)C(=O)O. The predicted octanol–water partition coefficient (Wildman–Crippen LogP) is -0.979. The molecule has 1 rings (SSSR count). The van der Waals surface area contributed by atoms with Gasteiger partial charge in [-0.25, -0.2) is 4.79 Å². The van der Waals surface area contributed by atoms with Gasteiger partial charge in [-0.3, -0.25) is 14.4 Å². The summed E-state index contributed by atoms with van der Waals surface area (Å²) < 4.78 is 0. The molecule has 2 unspecified atom stereocenters. The summed E-state index contributed by atoms with van der Waals surface area (Å²) in [7, 11) is 1.62. The Kier molecular flexibility index (Phi) is 6.49. The summed E-state index contributed by atoms with van der Waals surface area (Å²) in [5, 5.41) is 22.9. The normalized spacial score (nSPS) is 21.7. The summed E-state index contributed by atoms with van der Waals surface area (Å²) in [5.41, 5.74) is -1.12. The first-order chi connectivity index (χ1) is 10.7. The second kappa shape index (κ2) is 7.91. The first kappa shape index (κ1) is 18.9. The molecule has 9 heteroatoms. The predicted molar refractivity (Wildman–Crippen MR) is 79.7 cm³/mol. The first-order valence-electron chi connectivity index (χ1n) is 7.43. The number of carbonyl (C=O) groups excluding carboxylic acids is 2. The number of carboxylic acids is 2. The van der Waals surface area contributed by atoms with Gasteiger partial charge >= 0.3 is 11.9 Å². The average molecular weight is 329 g/mol. The van der Waals surface area contributed by atoms with Crippen LogP contribution in [-0.4, -0.2) is 70.6 Å². The standard InChI is InChI=1S/C14H23N3O6/c1-14(6-3-7-17(14)10(18)8-15-2)13(23)16-9(12(21)22)4-5-11(19)20/h9,15H,3-8H2,1-2H3,(H,16,23)(H,19,20)(H,21,22). The van der Waals surface area contributed by atoms with Crippen LogP contribution in [0, 0.1) is 0 Å². The Morgan fingerprint density at radius 2 is 1.91 bits per heavy atom. The number of rotatable bonds is 8. The van der Waals surface area contributed by atoms with E-state index in [0.29, 0.717) is 19.4 Å². The van der Waals surface area contributed by atoms with Crippen molar-refractivity contribution in [3.8, 4) is 0 Å². The summed E-state index contributed by atoms with van der Waals surface area (Å²) >= 11 is 0. The van der Waals surface area contributed by atoms with Gasteiger partial charge in [0.15, 0.2) is 0 Å². The molecule has 9 nitrogen and oxygen atoms in total. The zero-order valence-electron chi connectivity index (χ0n) is 13.3. The van der Waals surface area contributed by atoms with Crippen LogP contribution in [-0.2, 0) is 19.2 Å². The van der Waals surface area contributed by atoms with Crippen LogP contribution >= 0.6 is 0 Å². The van der Waals surface area contributed by atoms with Gasteiger partial charge in [-0.15, -0.1) is 0 Å². The van der Waals surface area contributed by atoms with E-state index >= 15 is 0 Å². The maximum absolute atomic E-state index is 12.5. The molecule has 0 spiro atoms. The number of nitrogens with zero attached hydrogens (tertiary/aromatic N) is 1. The zero-order chi connectivity index (χ0) is 17.6. The molecule has 0 radical (unpaired) electrons. The van der Waals surface area contributed by atoms with Crippen LogP contribution in [0.1, 0.15) is 32.6 Å². The van der Waals surface area contributed by atoms with Crippen molar-refractivity contribution in [1.82, 2.24) is 15.5 Å². The summed E-state index contributed by atoms with van der Waals surface area (Å²) in [4.78, 5) is 47.8. The van der Waals surface area contributed by atoms with Gasteiger partial charge in [0, 0.05) is 13.0 Å². The molecule has 1 aliphatic rings. The third-order valence-corrected chi connectivity index (χ3v) is 4.01. The molecule has 130 valence electrons.